The van der Waals surface area contributed by atoms with Crippen LogP contribution in [0.3, 0.4) is 0 Å². The standard InChI is InChI=1S/C29H22O11/c30-18-10-16(28(36)37)21(25(34)23(18)32)13-5-3-6-14(8-13)27-15(9-12-4-1-2-7-20(12)40-27)22-17(29(38)39)11-19(31)24(33)26(22)35/h1-8,10-11,15,27,30-35H,9H2,(H,36,37)(H,38,39). The molecule has 8 N–H and O–H groups in total. The zero-order valence-corrected chi connectivity index (χ0v) is 20.4. The van der Waals surface area contributed by atoms with Crippen molar-refractivity contribution in [3.05, 3.63) is 88.5 Å². The smallest absolute Gasteiger partial charge is 0.336 e. The molecule has 40 heavy (non-hydrogen) atoms. The second kappa shape index (κ2) is 9.62. The van der Waals surface area contributed by atoms with Crippen molar-refractivity contribution in [2.24, 2.45) is 0 Å². The highest BCUT2D eigenvalue weighted by atomic mass is 16.5. The van der Waals surface area contributed by atoms with E-state index in [2.05, 4.69) is 0 Å². The van der Waals surface area contributed by atoms with Gasteiger partial charge < -0.3 is 45.6 Å². The predicted molar refractivity (Wildman–Crippen MR) is 138 cm³/mol. The third-order valence-electron chi connectivity index (χ3n) is 6.91. The van der Waals surface area contributed by atoms with Crippen LogP contribution in [0.2, 0.25) is 0 Å². The molecule has 11 nitrogen and oxygen atoms in total. The number of benzene rings is 4. The minimum absolute atomic E-state index is 0.125. The molecule has 1 heterocycles. The number of phenols is 6. The second-order valence-corrected chi connectivity index (χ2v) is 9.26. The highest BCUT2D eigenvalue weighted by Crippen LogP contribution is 2.52. The van der Waals surface area contributed by atoms with E-state index in [1.807, 2.05) is 0 Å². The molecule has 4 aromatic carbocycles. The van der Waals surface area contributed by atoms with Crippen molar-refractivity contribution >= 4 is 11.9 Å². The van der Waals surface area contributed by atoms with Crippen molar-refractivity contribution in [3.8, 4) is 51.4 Å². The minimum Gasteiger partial charge on any atom is -0.504 e. The Morgan fingerprint density at radius 1 is 0.700 bits per heavy atom. The van der Waals surface area contributed by atoms with Gasteiger partial charge >= 0.3 is 11.9 Å². The summed E-state index contributed by atoms with van der Waals surface area (Å²) in [6.07, 6.45) is -0.863. The van der Waals surface area contributed by atoms with E-state index in [0.717, 1.165) is 12.1 Å². The van der Waals surface area contributed by atoms with Crippen LogP contribution in [0.5, 0.6) is 40.2 Å². The lowest BCUT2D eigenvalue weighted by atomic mass is 9.79. The lowest BCUT2D eigenvalue weighted by Crippen LogP contribution is -2.26. The quantitative estimate of drug-likeness (QED) is 0.164. The first-order valence-corrected chi connectivity index (χ1v) is 11.9. The van der Waals surface area contributed by atoms with E-state index in [1.54, 1.807) is 30.3 Å². The van der Waals surface area contributed by atoms with Gasteiger partial charge in [0.1, 0.15) is 11.9 Å². The number of carbonyl (C=O) groups is 2. The molecule has 0 fully saturated rings. The number of fused-ring (bicyclic) bond motifs is 1. The molecule has 0 saturated carbocycles. The summed E-state index contributed by atoms with van der Waals surface area (Å²) in [5.74, 6) is -8.58. The Hall–Kier alpha value is -5.58. The first kappa shape index (κ1) is 26.0. The van der Waals surface area contributed by atoms with Crippen molar-refractivity contribution in [1.29, 1.82) is 0 Å². The van der Waals surface area contributed by atoms with Gasteiger partial charge in [-0.25, -0.2) is 9.59 Å². The van der Waals surface area contributed by atoms with Crippen LogP contribution in [0.15, 0.2) is 60.7 Å². The van der Waals surface area contributed by atoms with Gasteiger partial charge in [-0.1, -0.05) is 36.4 Å². The van der Waals surface area contributed by atoms with Crippen LogP contribution in [-0.2, 0) is 6.42 Å². The molecule has 0 amide bonds. The molecule has 2 atom stereocenters. The van der Waals surface area contributed by atoms with E-state index in [1.165, 1.54) is 18.2 Å². The Bertz CT molecular complexity index is 1690. The number of aromatic carboxylic acids is 2. The summed E-state index contributed by atoms with van der Waals surface area (Å²) in [6.45, 7) is 0. The summed E-state index contributed by atoms with van der Waals surface area (Å²) < 4.78 is 6.27. The highest BCUT2D eigenvalue weighted by molar-refractivity contribution is 5.99. The van der Waals surface area contributed by atoms with Crippen LogP contribution < -0.4 is 4.74 Å². The fourth-order valence-electron chi connectivity index (χ4n) is 5.09. The number of hydrogen-bond acceptors (Lipinski definition) is 9. The number of ether oxygens (including phenoxy) is 1. The van der Waals surface area contributed by atoms with Crippen molar-refractivity contribution in [1.82, 2.24) is 0 Å². The third-order valence-corrected chi connectivity index (χ3v) is 6.91. The highest BCUT2D eigenvalue weighted by Gasteiger charge is 2.38. The van der Waals surface area contributed by atoms with Gasteiger partial charge in [-0.15, -0.1) is 0 Å². The topological polar surface area (TPSA) is 205 Å². The Kier molecular flexibility index (Phi) is 6.26. The van der Waals surface area contributed by atoms with Crippen molar-refractivity contribution < 1.29 is 55.2 Å². The molecule has 0 bridgehead atoms. The summed E-state index contributed by atoms with van der Waals surface area (Å²) in [5.41, 5.74) is -0.263. The van der Waals surface area contributed by atoms with Gasteiger partial charge in [0.15, 0.2) is 23.0 Å². The summed E-state index contributed by atoms with van der Waals surface area (Å²) in [7, 11) is 0. The number of aromatic hydroxyl groups is 6. The first-order chi connectivity index (χ1) is 19.0. The van der Waals surface area contributed by atoms with Gasteiger partial charge in [0, 0.05) is 17.0 Å². The lowest BCUT2D eigenvalue weighted by Gasteiger charge is -2.35. The minimum atomic E-state index is -1.48. The van der Waals surface area contributed by atoms with Crippen LogP contribution in [0.1, 0.15) is 49.4 Å². The molecular formula is C29H22O11. The Labute approximate surface area is 225 Å². The van der Waals surface area contributed by atoms with Crippen molar-refractivity contribution in [3.63, 3.8) is 0 Å². The second-order valence-electron chi connectivity index (χ2n) is 9.26. The molecule has 1 aliphatic rings. The number of carboxylic acid groups (broad SMARTS) is 2. The van der Waals surface area contributed by atoms with E-state index in [4.69, 9.17) is 4.74 Å². The van der Waals surface area contributed by atoms with Gasteiger partial charge in [-0.2, -0.15) is 0 Å². The Morgan fingerprint density at radius 3 is 2.00 bits per heavy atom. The van der Waals surface area contributed by atoms with Crippen molar-refractivity contribution in [2.75, 3.05) is 0 Å². The average Bonchev–Trinajstić information content (AvgIpc) is 2.93. The van der Waals surface area contributed by atoms with Crippen LogP contribution in [-0.4, -0.2) is 52.8 Å². The fourth-order valence-corrected chi connectivity index (χ4v) is 5.09. The van der Waals surface area contributed by atoms with Gasteiger partial charge in [-0.05, 0) is 47.4 Å². The molecule has 2 unspecified atom stereocenters. The summed E-state index contributed by atoms with van der Waals surface area (Å²) in [6, 6.07) is 14.6. The molecular weight excluding hydrogens is 524 g/mol. The third kappa shape index (κ3) is 4.19. The molecule has 5 rings (SSSR count). The molecule has 204 valence electrons. The number of phenolic OH excluding ortho intramolecular Hbond substituents is 6. The maximum absolute atomic E-state index is 12.1. The van der Waals surface area contributed by atoms with Crippen LogP contribution in [0.25, 0.3) is 11.1 Å². The van der Waals surface area contributed by atoms with Crippen molar-refractivity contribution in [2.45, 2.75) is 18.4 Å². The zero-order valence-electron chi connectivity index (χ0n) is 20.4. The van der Waals surface area contributed by atoms with Gasteiger partial charge in [0.25, 0.3) is 0 Å². The number of hydrogen-bond donors (Lipinski definition) is 8. The maximum Gasteiger partial charge on any atom is 0.336 e. The lowest BCUT2D eigenvalue weighted by molar-refractivity contribution is 0.0683. The SMILES string of the molecule is O=C(O)c1cc(O)c(O)c(O)c1-c1cccc(C2Oc3ccccc3CC2c2c(C(=O)O)cc(O)c(O)c2O)c1. The van der Waals surface area contributed by atoms with Crippen LogP contribution in [0.4, 0.5) is 0 Å². The molecule has 0 saturated heterocycles. The molecule has 0 aliphatic carbocycles. The largest absolute Gasteiger partial charge is 0.504 e. The fraction of sp³-hybridized carbons (Fsp3) is 0.103. The molecule has 11 heteroatoms. The summed E-state index contributed by atoms with van der Waals surface area (Å²) in [5, 5.41) is 81.1. The van der Waals surface area contributed by atoms with Gasteiger partial charge in [-0.3, -0.25) is 0 Å². The average molecular weight is 546 g/mol. The molecule has 4 aromatic rings. The number of carboxylic acids is 2. The molecule has 0 aromatic heterocycles. The maximum atomic E-state index is 12.1. The van der Waals surface area contributed by atoms with E-state index in [-0.39, 0.29) is 23.1 Å². The summed E-state index contributed by atoms with van der Waals surface area (Å²) >= 11 is 0. The Balaban J connectivity index is 1.73. The molecule has 0 spiro atoms. The van der Waals surface area contributed by atoms with Gasteiger partial charge in [0.05, 0.1) is 11.1 Å². The number of rotatable bonds is 5. The monoisotopic (exact) mass is 546 g/mol. The van der Waals surface area contributed by atoms with Gasteiger partial charge in [0.2, 0.25) is 11.5 Å². The zero-order chi connectivity index (χ0) is 28.9. The molecule has 0 radical (unpaired) electrons. The van der Waals surface area contributed by atoms with Crippen LogP contribution >= 0.6 is 0 Å². The predicted octanol–water partition coefficient (Wildman–Crippen LogP) is 4.44. The Morgan fingerprint density at radius 2 is 1.32 bits per heavy atom. The van der Waals surface area contributed by atoms with E-state index >= 15 is 0 Å². The van der Waals surface area contributed by atoms with Crippen LogP contribution in [0, 0.1) is 0 Å². The normalized spacial score (nSPS) is 16.1. The first-order valence-electron chi connectivity index (χ1n) is 11.9. The van der Waals surface area contributed by atoms with E-state index < -0.39 is 69.6 Å². The summed E-state index contributed by atoms with van der Waals surface area (Å²) in [4.78, 5) is 24.0. The molecule has 1 aliphatic heterocycles. The van der Waals surface area contributed by atoms with E-state index in [0.29, 0.717) is 16.9 Å². The number of para-hydroxylation sites is 1. The van der Waals surface area contributed by atoms with E-state index in [9.17, 15) is 50.4 Å².